The Kier molecular flexibility index (Phi) is 58.2. The topological polar surface area (TPSA) is 78.9 Å². The highest BCUT2D eigenvalue weighted by atomic mass is 16.6. The minimum absolute atomic E-state index is 0.0707. The fourth-order valence-corrected chi connectivity index (χ4v) is 9.35. The molecule has 416 valence electrons. The van der Waals surface area contributed by atoms with E-state index in [1.165, 1.54) is 231 Å². The molecule has 0 fully saturated rings. The molecule has 0 amide bonds. The first-order valence-corrected chi connectivity index (χ1v) is 31.5. The first-order chi connectivity index (χ1) is 35.0. The zero-order chi connectivity index (χ0) is 51.4. The molecule has 0 heterocycles. The summed E-state index contributed by atoms with van der Waals surface area (Å²) in [5.74, 6) is -0.859. The van der Waals surface area contributed by atoms with Crippen LogP contribution in [0.25, 0.3) is 0 Å². The van der Waals surface area contributed by atoms with Gasteiger partial charge in [0.2, 0.25) is 0 Å². The second kappa shape index (κ2) is 60.2. The molecule has 0 aromatic heterocycles. The molecule has 0 aliphatic rings. The summed E-state index contributed by atoms with van der Waals surface area (Å²) in [4.78, 5) is 38.2. The second-order valence-corrected chi connectivity index (χ2v) is 21.3. The molecule has 0 bridgehead atoms. The molecule has 6 nitrogen and oxygen atoms in total. The zero-order valence-electron chi connectivity index (χ0n) is 47.8. The van der Waals surface area contributed by atoms with Gasteiger partial charge in [0.15, 0.2) is 6.10 Å². The second-order valence-electron chi connectivity index (χ2n) is 21.3. The number of rotatable bonds is 58. The molecule has 71 heavy (non-hydrogen) atoms. The summed E-state index contributed by atoms with van der Waals surface area (Å²) in [6, 6.07) is 0. The van der Waals surface area contributed by atoms with Crippen LogP contribution in [0.2, 0.25) is 0 Å². The van der Waals surface area contributed by atoms with Crippen molar-refractivity contribution in [1.82, 2.24) is 0 Å². The van der Waals surface area contributed by atoms with Crippen molar-refractivity contribution in [2.75, 3.05) is 13.2 Å². The van der Waals surface area contributed by atoms with E-state index in [1.54, 1.807) is 0 Å². The molecule has 0 saturated carbocycles. The summed E-state index contributed by atoms with van der Waals surface area (Å²) in [5.41, 5.74) is 0. The highest BCUT2D eigenvalue weighted by molar-refractivity contribution is 5.71. The lowest BCUT2D eigenvalue weighted by molar-refractivity contribution is -0.167. The first-order valence-electron chi connectivity index (χ1n) is 31.5. The maximum absolute atomic E-state index is 12.9. The molecule has 0 aliphatic carbocycles. The van der Waals surface area contributed by atoms with Gasteiger partial charge in [-0.15, -0.1) is 0 Å². The Labute approximate surface area is 442 Å². The Morgan fingerprint density at radius 2 is 0.507 bits per heavy atom. The Hall–Kier alpha value is -2.37. The van der Waals surface area contributed by atoms with E-state index in [-0.39, 0.29) is 31.1 Å². The van der Waals surface area contributed by atoms with Crippen LogP contribution >= 0.6 is 0 Å². The number of esters is 3. The Morgan fingerprint density at radius 1 is 0.282 bits per heavy atom. The predicted molar refractivity (Wildman–Crippen MR) is 307 cm³/mol. The molecule has 0 N–H and O–H groups in total. The number of hydrogen-bond donors (Lipinski definition) is 0. The first kappa shape index (κ1) is 68.6. The Bertz CT molecular complexity index is 1190. The van der Waals surface area contributed by atoms with E-state index in [2.05, 4.69) is 57.2 Å². The van der Waals surface area contributed by atoms with Crippen LogP contribution in [0.1, 0.15) is 342 Å². The summed E-state index contributed by atoms with van der Waals surface area (Å²) >= 11 is 0. The maximum Gasteiger partial charge on any atom is 0.306 e. The van der Waals surface area contributed by atoms with Crippen LogP contribution in [-0.4, -0.2) is 37.2 Å². The van der Waals surface area contributed by atoms with E-state index in [9.17, 15) is 14.4 Å². The third kappa shape index (κ3) is 58.4. The maximum atomic E-state index is 12.9. The fraction of sp³-hybridized carbons (Fsp3) is 0.862. The van der Waals surface area contributed by atoms with Crippen molar-refractivity contribution in [3.8, 4) is 0 Å². The number of carbonyl (C=O) groups excluding carboxylic acids is 3. The van der Waals surface area contributed by atoms with Crippen molar-refractivity contribution in [3.05, 3.63) is 36.5 Å². The lowest BCUT2D eigenvalue weighted by Gasteiger charge is -2.18. The van der Waals surface area contributed by atoms with Crippen molar-refractivity contribution in [2.24, 2.45) is 0 Å². The van der Waals surface area contributed by atoms with Crippen LogP contribution in [-0.2, 0) is 28.6 Å². The average molecular weight is 998 g/mol. The van der Waals surface area contributed by atoms with Gasteiger partial charge < -0.3 is 14.2 Å². The molecular formula is C65H120O6. The third-order valence-corrected chi connectivity index (χ3v) is 14.1. The molecule has 1 unspecified atom stereocenters. The summed E-state index contributed by atoms with van der Waals surface area (Å²) in [7, 11) is 0. The van der Waals surface area contributed by atoms with Crippen molar-refractivity contribution in [1.29, 1.82) is 0 Å². The summed E-state index contributed by atoms with van der Waals surface area (Å²) in [6.45, 7) is 6.66. The SMILES string of the molecule is CCCCCC/C=C\CCCCCCCC(=O)OCC(COC(=O)CCCCCCCCCCCCCCC/C=C\C/C=C\CCCCCCC)OC(=O)CCCCCCCCCCCCCCCCC. The molecule has 0 rings (SSSR count). The van der Waals surface area contributed by atoms with Gasteiger partial charge in [-0.05, 0) is 77.0 Å². The normalized spacial score (nSPS) is 12.2. The average Bonchev–Trinajstić information content (AvgIpc) is 3.37. The zero-order valence-corrected chi connectivity index (χ0v) is 47.8. The molecular weight excluding hydrogens is 877 g/mol. The van der Waals surface area contributed by atoms with E-state index in [4.69, 9.17) is 14.2 Å². The van der Waals surface area contributed by atoms with E-state index >= 15 is 0 Å². The number of allylic oxidation sites excluding steroid dienone is 6. The molecule has 0 radical (unpaired) electrons. The predicted octanol–water partition coefficient (Wildman–Crippen LogP) is 21.2. The summed E-state index contributed by atoms with van der Waals surface area (Å²) in [6.07, 6.45) is 72.9. The lowest BCUT2D eigenvalue weighted by Crippen LogP contribution is -2.30. The largest absolute Gasteiger partial charge is 0.462 e. The van der Waals surface area contributed by atoms with Gasteiger partial charge in [0.1, 0.15) is 13.2 Å². The standard InChI is InChI=1S/C65H120O6/c1-4-7-10-13-16-19-22-25-27-28-29-30-31-32-33-34-35-36-38-40-43-46-49-52-55-58-64(67)70-61-62(60-69-63(66)57-54-51-48-45-42-39-24-21-18-15-12-9-6-3)71-65(68)59-56-53-50-47-44-41-37-26-23-20-17-14-11-8-5-2/h21-22,24-25,28-29,62H,4-20,23,26-27,30-61H2,1-3H3/b24-21-,25-22-,29-28-. The quantitative estimate of drug-likeness (QED) is 0.0261. The van der Waals surface area contributed by atoms with Gasteiger partial charge in [-0.2, -0.15) is 0 Å². The number of ether oxygens (including phenoxy) is 3. The number of carbonyl (C=O) groups is 3. The van der Waals surface area contributed by atoms with Crippen LogP contribution in [0.15, 0.2) is 36.5 Å². The Balaban J connectivity index is 4.23. The lowest BCUT2D eigenvalue weighted by atomic mass is 10.0. The van der Waals surface area contributed by atoms with Crippen LogP contribution in [0.3, 0.4) is 0 Å². The van der Waals surface area contributed by atoms with Crippen LogP contribution in [0.4, 0.5) is 0 Å². The number of hydrogen-bond acceptors (Lipinski definition) is 6. The van der Waals surface area contributed by atoms with E-state index < -0.39 is 6.10 Å². The van der Waals surface area contributed by atoms with Gasteiger partial charge in [0.05, 0.1) is 0 Å². The van der Waals surface area contributed by atoms with Crippen LogP contribution in [0.5, 0.6) is 0 Å². The highest BCUT2D eigenvalue weighted by Crippen LogP contribution is 2.17. The third-order valence-electron chi connectivity index (χ3n) is 14.1. The molecule has 0 aliphatic heterocycles. The van der Waals surface area contributed by atoms with Crippen molar-refractivity contribution in [2.45, 2.75) is 348 Å². The van der Waals surface area contributed by atoms with E-state index in [1.807, 2.05) is 0 Å². The van der Waals surface area contributed by atoms with Crippen molar-refractivity contribution < 1.29 is 28.6 Å². The molecule has 0 saturated heterocycles. The molecule has 6 heteroatoms. The minimum atomic E-state index is -0.772. The smallest absolute Gasteiger partial charge is 0.306 e. The highest BCUT2D eigenvalue weighted by Gasteiger charge is 2.19. The van der Waals surface area contributed by atoms with E-state index in [0.29, 0.717) is 19.3 Å². The van der Waals surface area contributed by atoms with Gasteiger partial charge >= 0.3 is 17.9 Å². The van der Waals surface area contributed by atoms with Gasteiger partial charge in [-0.3, -0.25) is 14.4 Å². The Morgan fingerprint density at radius 3 is 0.803 bits per heavy atom. The monoisotopic (exact) mass is 997 g/mol. The molecule has 0 aromatic carbocycles. The van der Waals surface area contributed by atoms with Crippen LogP contribution in [0, 0.1) is 0 Å². The van der Waals surface area contributed by atoms with Gasteiger partial charge in [-0.1, -0.05) is 282 Å². The van der Waals surface area contributed by atoms with Gasteiger partial charge in [-0.25, -0.2) is 0 Å². The molecule has 0 aromatic rings. The fourth-order valence-electron chi connectivity index (χ4n) is 9.35. The van der Waals surface area contributed by atoms with Crippen LogP contribution < -0.4 is 0 Å². The molecule has 0 spiro atoms. The molecule has 1 atom stereocenters. The van der Waals surface area contributed by atoms with Crippen molar-refractivity contribution >= 4 is 17.9 Å². The van der Waals surface area contributed by atoms with Gasteiger partial charge in [0.25, 0.3) is 0 Å². The minimum Gasteiger partial charge on any atom is -0.462 e. The van der Waals surface area contributed by atoms with E-state index in [0.717, 1.165) is 70.6 Å². The van der Waals surface area contributed by atoms with Gasteiger partial charge in [0, 0.05) is 19.3 Å². The number of unbranched alkanes of at least 4 members (excludes halogenated alkanes) is 41. The summed E-state index contributed by atoms with van der Waals surface area (Å²) < 4.78 is 16.9. The van der Waals surface area contributed by atoms with Crippen molar-refractivity contribution in [3.63, 3.8) is 0 Å². The summed E-state index contributed by atoms with van der Waals surface area (Å²) in [5, 5.41) is 0.